The number of hydrogen-bond donors (Lipinski definition) is 0. The van der Waals surface area contributed by atoms with Gasteiger partial charge in [-0.05, 0) is 24.3 Å². The van der Waals surface area contributed by atoms with Crippen LogP contribution in [0.5, 0.6) is 0 Å². The van der Waals surface area contributed by atoms with Crippen LogP contribution in [0.1, 0.15) is 36.6 Å². The summed E-state index contributed by atoms with van der Waals surface area (Å²) in [7, 11) is 0. The molecule has 2 aromatic carbocycles. The van der Waals surface area contributed by atoms with Gasteiger partial charge in [0.05, 0.1) is 22.8 Å². The van der Waals surface area contributed by atoms with Crippen molar-refractivity contribution in [3.05, 3.63) is 70.3 Å². The number of halogens is 2. The van der Waals surface area contributed by atoms with Gasteiger partial charge in [0.1, 0.15) is 17.2 Å². The maximum atomic E-state index is 13.8. The third-order valence-corrected chi connectivity index (χ3v) is 3.31. The highest BCUT2D eigenvalue weighted by Crippen LogP contribution is 2.24. The van der Waals surface area contributed by atoms with Gasteiger partial charge in [0, 0.05) is 0 Å². The number of carbonyl (C=O) groups is 3. The van der Waals surface area contributed by atoms with Crippen LogP contribution in [0, 0.1) is 23.0 Å². The van der Waals surface area contributed by atoms with E-state index in [0.717, 1.165) is 0 Å². The van der Waals surface area contributed by atoms with Crippen molar-refractivity contribution in [3.63, 3.8) is 0 Å². The third kappa shape index (κ3) is 2.28. The van der Waals surface area contributed by atoms with Crippen LogP contribution in [0.25, 0.3) is 0 Å². The van der Waals surface area contributed by atoms with E-state index in [1.165, 1.54) is 30.3 Å². The Morgan fingerprint density at radius 3 is 2.00 bits per heavy atom. The molecule has 2 aromatic rings. The molecule has 0 radical (unpaired) electrons. The summed E-state index contributed by atoms with van der Waals surface area (Å²) in [4.78, 5) is 40.6. The van der Waals surface area contributed by atoms with Crippen LogP contribution in [0.2, 0.25) is 0 Å². The maximum Gasteiger partial charge on any atom is 0.369 e. The summed E-state index contributed by atoms with van der Waals surface area (Å²) in [6.45, 7) is 0. The number of fused-ring (bicyclic) bond motifs is 1. The summed E-state index contributed by atoms with van der Waals surface area (Å²) in [6, 6.07) is 8.53. The van der Waals surface area contributed by atoms with Crippen LogP contribution in [0.3, 0.4) is 0 Å². The minimum atomic E-state index is -1.57. The zero-order valence-corrected chi connectivity index (χ0v) is 11.7. The van der Waals surface area contributed by atoms with Gasteiger partial charge in [-0.25, -0.2) is 13.6 Å². The van der Waals surface area contributed by atoms with Crippen LogP contribution in [0.15, 0.2) is 36.4 Å². The molecule has 1 aliphatic heterocycles. The van der Waals surface area contributed by atoms with Crippen LogP contribution < -0.4 is 0 Å². The summed E-state index contributed by atoms with van der Waals surface area (Å²) in [5, 5.41) is 8.76. The van der Waals surface area contributed by atoms with E-state index in [-0.39, 0.29) is 21.8 Å². The van der Waals surface area contributed by atoms with Gasteiger partial charge in [0.15, 0.2) is 0 Å². The average Bonchev–Trinajstić information content (AvgIpc) is 2.79. The highest BCUT2D eigenvalue weighted by molar-refractivity contribution is 6.21. The molecule has 0 saturated carbocycles. The molecular formula is C16H6F2N2O4. The molecule has 0 fully saturated rings. The van der Waals surface area contributed by atoms with Crippen molar-refractivity contribution in [1.82, 2.24) is 5.06 Å². The lowest BCUT2D eigenvalue weighted by Crippen LogP contribution is -2.33. The second kappa shape index (κ2) is 5.55. The van der Waals surface area contributed by atoms with E-state index in [2.05, 4.69) is 4.84 Å². The highest BCUT2D eigenvalue weighted by Gasteiger charge is 2.39. The van der Waals surface area contributed by atoms with Crippen molar-refractivity contribution in [2.24, 2.45) is 0 Å². The van der Waals surface area contributed by atoms with Crippen molar-refractivity contribution >= 4 is 17.8 Å². The number of imide groups is 1. The van der Waals surface area contributed by atoms with E-state index >= 15 is 0 Å². The molecule has 0 saturated heterocycles. The van der Waals surface area contributed by atoms with Crippen molar-refractivity contribution in [3.8, 4) is 6.07 Å². The Morgan fingerprint density at radius 2 is 1.54 bits per heavy atom. The summed E-state index contributed by atoms with van der Waals surface area (Å²) in [6.07, 6.45) is 0. The Labute approximate surface area is 133 Å². The summed E-state index contributed by atoms with van der Waals surface area (Å²) < 4.78 is 27.6. The number of hydroxylamine groups is 2. The molecule has 3 rings (SSSR count). The van der Waals surface area contributed by atoms with Gasteiger partial charge in [0.2, 0.25) is 0 Å². The zero-order chi connectivity index (χ0) is 17.4. The van der Waals surface area contributed by atoms with Gasteiger partial charge >= 0.3 is 5.97 Å². The van der Waals surface area contributed by atoms with Gasteiger partial charge in [0.25, 0.3) is 11.8 Å². The van der Waals surface area contributed by atoms with E-state index < -0.39 is 35.0 Å². The molecule has 0 aliphatic carbocycles. The third-order valence-electron chi connectivity index (χ3n) is 3.31. The van der Waals surface area contributed by atoms with Gasteiger partial charge in [-0.2, -0.15) is 5.26 Å². The molecule has 0 bridgehead atoms. The Morgan fingerprint density at radius 1 is 1.04 bits per heavy atom. The second-order valence-electron chi connectivity index (χ2n) is 4.76. The van der Waals surface area contributed by atoms with Crippen LogP contribution in [-0.2, 0) is 4.84 Å². The normalized spacial score (nSPS) is 12.8. The molecule has 1 heterocycles. The summed E-state index contributed by atoms with van der Waals surface area (Å²) in [5.74, 6) is -6.08. The van der Waals surface area contributed by atoms with E-state index in [0.29, 0.717) is 12.1 Å². The lowest BCUT2D eigenvalue weighted by molar-refractivity contribution is -0.0590. The summed E-state index contributed by atoms with van der Waals surface area (Å²) >= 11 is 0. The lowest BCUT2D eigenvalue weighted by Gasteiger charge is -2.13. The fourth-order valence-corrected chi connectivity index (χ4v) is 2.21. The zero-order valence-electron chi connectivity index (χ0n) is 11.7. The van der Waals surface area contributed by atoms with E-state index in [1.807, 2.05) is 0 Å². The largest absolute Gasteiger partial charge is 0.369 e. The minimum absolute atomic E-state index is 0.0103. The van der Waals surface area contributed by atoms with Crippen molar-refractivity contribution in [2.75, 3.05) is 0 Å². The quantitative estimate of drug-likeness (QED) is 0.789. The number of amides is 2. The number of benzene rings is 2. The van der Waals surface area contributed by atoms with Gasteiger partial charge in [-0.3, -0.25) is 9.59 Å². The van der Waals surface area contributed by atoms with Crippen LogP contribution in [0.4, 0.5) is 8.78 Å². The monoisotopic (exact) mass is 328 g/mol. The number of hydrogen-bond acceptors (Lipinski definition) is 5. The molecule has 0 spiro atoms. The topological polar surface area (TPSA) is 87.5 Å². The molecule has 0 atom stereocenters. The van der Waals surface area contributed by atoms with E-state index in [4.69, 9.17) is 5.26 Å². The Bertz CT molecular complexity index is 891. The van der Waals surface area contributed by atoms with Crippen LogP contribution >= 0.6 is 0 Å². The smallest absolute Gasteiger partial charge is 0.324 e. The van der Waals surface area contributed by atoms with Gasteiger partial charge in [-0.15, -0.1) is 0 Å². The number of carbonyl (C=O) groups excluding carboxylic acids is 3. The SMILES string of the molecule is N#Cc1cc(F)c(C(=O)ON2C(=O)c3ccccc3C2=O)c(F)c1. The average molecular weight is 328 g/mol. The van der Waals surface area contributed by atoms with Gasteiger partial charge < -0.3 is 4.84 Å². The molecule has 24 heavy (non-hydrogen) atoms. The van der Waals surface area contributed by atoms with E-state index in [9.17, 15) is 23.2 Å². The molecular weight excluding hydrogens is 322 g/mol. The first kappa shape index (κ1) is 15.3. The van der Waals surface area contributed by atoms with Crippen molar-refractivity contribution in [2.45, 2.75) is 0 Å². The number of nitrogens with zero attached hydrogens (tertiary/aromatic N) is 2. The van der Waals surface area contributed by atoms with Crippen molar-refractivity contribution < 1.29 is 28.0 Å². The van der Waals surface area contributed by atoms with Crippen molar-refractivity contribution in [1.29, 1.82) is 5.26 Å². The number of rotatable bonds is 2. The Kier molecular flexibility index (Phi) is 3.54. The minimum Gasteiger partial charge on any atom is -0.324 e. The first-order valence-electron chi connectivity index (χ1n) is 6.53. The van der Waals surface area contributed by atoms with Gasteiger partial charge in [-0.1, -0.05) is 17.2 Å². The maximum absolute atomic E-state index is 13.8. The molecule has 118 valence electrons. The standard InChI is InChI=1S/C16H6F2N2O4/c17-11-5-8(7-19)6-12(18)13(11)16(23)24-20-14(21)9-3-1-2-4-10(9)15(20)22/h1-6H. The molecule has 8 heteroatoms. The highest BCUT2D eigenvalue weighted by atomic mass is 19.1. The Hall–Kier alpha value is -3.60. The molecule has 6 nitrogen and oxygen atoms in total. The second-order valence-corrected chi connectivity index (χ2v) is 4.76. The lowest BCUT2D eigenvalue weighted by atomic mass is 10.1. The fourth-order valence-electron chi connectivity index (χ4n) is 2.21. The molecule has 0 aromatic heterocycles. The summed E-state index contributed by atoms with van der Waals surface area (Å²) in [5.41, 5.74) is -1.42. The Balaban J connectivity index is 1.91. The number of nitriles is 1. The van der Waals surface area contributed by atoms with Crippen LogP contribution in [-0.4, -0.2) is 22.8 Å². The molecule has 1 aliphatic rings. The molecule has 0 unspecified atom stereocenters. The predicted molar refractivity (Wildman–Crippen MR) is 73.4 cm³/mol. The molecule has 0 N–H and O–H groups in total. The molecule has 2 amide bonds. The predicted octanol–water partition coefficient (Wildman–Crippen LogP) is 2.20. The first-order valence-corrected chi connectivity index (χ1v) is 6.53. The van der Waals surface area contributed by atoms with E-state index in [1.54, 1.807) is 0 Å². The fraction of sp³-hybridized carbons (Fsp3) is 0. The first-order chi connectivity index (χ1) is 11.4.